The van der Waals surface area contributed by atoms with E-state index in [0.717, 1.165) is 12.1 Å². The molecular formula is C16H17ClN4O3S. The summed E-state index contributed by atoms with van der Waals surface area (Å²) in [5.74, 6) is 0. The van der Waals surface area contributed by atoms with E-state index in [2.05, 4.69) is 9.82 Å². The van der Waals surface area contributed by atoms with Gasteiger partial charge in [0.2, 0.25) is 10.0 Å². The highest BCUT2D eigenvalue weighted by Gasteiger charge is 2.34. The summed E-state index contributed by atoms with van der Waals surface area (Å²) in [4.78, 5) is 0.00310. The minimum atomic E-state index is -3.80. The first-order valence-electron chi connectivity index (χ1n) is 7.80. The average molecular weight is 381 g/mol. The summed E-state index contributed by atoms with van der Waals surface area (Å²) in [6.07, 6.45) is 3.71. The molecule has 0 spiro atoms. The van der Waals surface area contributed by atoms with E-state index in [-0.39, 0.29) is 15.5 Å². The number of nitrogens with one attached hydrogen (secondary N) is 1. The Morgan fingerprint density at radius 2 is 2.32 bits per heavy atom. The Morgan fingerprint density at radius 1 is 1.52 bits per heavy atom. The number of benzene rings is 1. The lowest BCUT2D eigenvalue weighted by atomic mass is 10.1. The van der Waals surface area contributed by atoms with Gasteiger partial charge in [-0.1, -0.05) is 11.6 Å². The van der Waals surface area contributed by atoms with Gasteiger partial charge in [-0.15, -0.1) is 0 Å². The molecule has 3 rings (SSSR count). The maximum atomic E-state index is 12.7. The van der Waals surface area contributed by atoms with Gasteiger partial charge >= 0.3 is 0 Å². The van der Waals surface area contributed by atoms with Gasteiger partial charge in [-0.05, 0) is 31.5 Å². The molecule has 9 heteroatoms. The number of aryl methyl sites for hydroxylation is 1. The highest BCUT2D eigenvalue weighted by atomic mass is 35.5. The molecule has 1 aromatic heterocycles. The van der Waals surface area contributed by atoms with Crippen molar-refractivity contribution in [2.45, 2.75) is 36.9 Å². The Balaban J connectivity index is 1.83. The van der Waals surface area contributed by atoms with E-state index in [4.69, 9.17) is 21.6 Å². The summed E-state index contributed by atoms with van der Waals surface area (Å²) >= 11 is 5.87. The predicted octanol–water partition coefficient (Wildman–Crippen LogP) is 2.24. The molecule has 0 radical (unpaired) electrons. The van der Waals surface area contributed by atoms with Crippen molar-refractivity contribution in [3.63, 3.8) is 0 Å². The van der Waals surface area contributed by atoms with Crippen molar-refractivity contribution in [3.8, 4) is 6.07 Å². The second-order valence-corrected chi connectivity index (χ2v) is 7.81. The van der Waals surface area contributed by atoms with E-state index in [9.17, 15) is 8.42 Å². The zero-order valence-corrected chi connectivity index (χ0v) is 15.1. The first-order chi connectivity index (χ1) is 11.9. The molecule has 2 atom stereocenters. The number of ether oxygens (including phenoxy) is 1. The molecule has 0 bridgehead atoms. The van der Waals surface area contributed by atoms with Crippen LogP contribution in [-0.2, 0) is 21.3 Å². The van der Waals surface area contributed by atoms with E-state index in [0.29, 0.717) is 13.0 Å². The standard InChI is InChI=1S/C16H17ClN4O3S/c1-2-21-10-12(9-19-21)16-15(5-6-24-16)20-25(22,23)13-3-4-14(17)11(7-13)8-18/h3-4,7,9-10,15-16,20H,2,5-6H2,1H3/t15-,16+/m0/s1. The van der Waals surface area contributed by atoms with Crippen molar-refractivity contribution in [2.24, 2.45) is 0 Å². The second kappa shape index (κ2) is 7.14. The summed E-state index contributed by atoms with van der Waals surface area (Å²) < 4.78 is 35.5. The Labute approximate surface area is 151 Å². The fourth-order valence-corrected chi connectivity index (χ4v) is 4.22. The highest BCUT2D eigenvalue weighted by Crippen LogP contribution is 2.30. The number of hydrogen-bond donors (Lipinski definition) is 1. The van der Waals surface area contributed by atoms with Gasteiger partial charge in [0, 0.05) is 24.9 Å². The monoisotopic (exact) mass is 380 g/mol. The van der Waals surface area contributed by atoms with Crippen LogP contribution in [0.1, 0.15) is 30.6 Å². The van der Waals surface area contributed by atoms with E-state index in [1.165, 1.54) is 18.2 Å². The fourth-order valence-electron chi connectivity index (χ4n) is 2.76. The molecule has 0 amide bonds. The Hall–Kier alpha value is -1.92. The number of hydrogen-bond acceptors (Lipinski definition) is 5. The number of nitriles is 1. The number of sulfonamides is 1. The van der Waals surface area contributed by atoms with Gasteiger partial charge in [0.05, 0.1) is 27.7 Å². The molecule has 1 saturated heterocycles. The highest BCUT2D eigenvalue weighted by molar-refractivity contribution is 7.89. The lowest BCUT2D eigenvalue weighted by molar-refractivity contribution is 0.102. The van der Waals surface area contributed by atoms with E-state index >= 15 is 0 Å². The third-order valence-electron chi connectivity index (χ3n) is 4.07. The molecule has 1 aliphatic rings. The second-order valence-electron chi connectivity index (χ2n) is 5.69. The maximum Gasteiger partial charge on any atom is 0.240 e. The van der Waals surface area contributed by atoms with Crippen LogP contribution in [0.4, 0.5) is 0 Å². The average Bonchev–Trinajstić information content (AvgIpc) is 3.23. The Morgan fingerprint density at radius 3 is 3.00 bits per heavy atom. The minimum absolute atomic E-state index is 0.00310. The lowest BCUT2D eigenvalue weighted by Crippen LogP contribution is -2.36. The van der Waals surface area contributed by atoms with Crippen LogP contribution in [0.2, 0.25) is 5.02 Å². The van der Waals surface area contributed by atoms with Gasteiger partial charge in [0.15, 0.2) is 0 Å². The van der Waals surface area contributed by atoms with E-state index < -0.39 is 22.2 Å². The molecular weight excluding hydrogens is 364 g/mol. The zero-order valence-electron chi connectivity index (χ0n) is 13.5. The third kappa shape index (κ3) is 3.70. The quantitative estimate of drug-likeness (QED) is 0.857. The molecule has 1 aromatic carbocycles. The van der Waals surface area contributed by atoms with Crippen LogP contribution in [0.25, 0.3) is 0 Å². The molecule has 1 fully saturated rings. The third-order valence-corrected chi connectivity index (χ3v) is 5.89. The molecule has 1 aliphatic heterocycles. The molecule has 25 heavy (non-hydrogen) atoms. The van der Waals surface area contributed by atoms with Crippen molar-refractivity contribution in [1.29, 1.82) is 5.26 Å². The summed E-state index contributed by atoms with van der Waals surface area (Å²) in [5.41, 5.74) is 0.953. The van der Waals surface area contributed by atoms with Gasteiger partial charge in [-0.3, -0.25) is 4.68 Å². The SMILES string of the molecule is CCn1cc([C@H]2OCC[C@@H]2NS(=O)(=O)c2ccc(Cl)c(C#N)c2)cn1. The summed E-state index contributed by atoms with van der Waals surface area (Å²) in [7, 11) is -3.80. The maximum absolute atomic E-state index is 12.7. The summed E-state index contributed by atoms with van der Waals surface area (Å²) in [5, 5.41) is 13.5. The Kier molecular flexibility index (Phi) is 5.11. The molecule has 2 aromatic rings. The largest absolute Gasteiger partial charge is 0.372 e. The number of aromatic nitrogens is 2. The smallest absolute Gasteiger partial charge is 0.240 e. The van der Waals surface area contributed by atoms with E-state index in [1.54, 1.807) is 10.9 Å². The van der Waals surface area contributed by atoms with Crippen molar-refractivity contribution in [3.05, 3.63) is 46.7 Å². The van der Waals surface area contributed by atoms with Gasteiger partial charge < -0.3 is 4.74 Å². The van der Waals surface area contributed by atoms with Crippen LogP contribution < -0.4 is 4.72 Å². The van der Waals surface area contributed by atoms with Crippen molar-refractivity contribution < 1.29 is 13.2 Å². The molecule has 2 heterocycles. The number of halogens is 1. The van der Waals surface area contributed by atoms with Gasteiger partial charge in [-0.2, -0.15) is 10.4 Å². The van der Waals surface area contributed by atoms with Crippen LogP contribution in [0.5, 0.6) is 0 Å². The van der Waals surface area contributed by atoms with Crippen LogP contribution in [0, 0.1) is 11.3 Å². The lowest BCUT2D eigenvalue weighted by Gasteiger charge is -2.19. The van der Waals surface area contributed by atoms with Crippen LogP contribution >= 0.6 is 11.6 Å². The van der Waals surface area contributed by atoms with Gasteiger partial charge in [-0.25, -0.2) is 13.1 Å². The van der Waals surface area contributed by atoms with Crippen LogP contribution in [0.15, 0.2) is 35.5 Å². The molecule has 1 N–H and O–H groups in total. The van der Waals surface area contributed by atoms with Gasteiger partial charge in [0.1, 0.15) is 12.2 Å². The molecule has 0 aliphatic carbocycles. The van der Waals surface area contributed by atoms with Crippen molar-refractivity contribution >= 4 is 21.6 Å². The molecule has 0 unspecified atom stereocenters. The first kappa shape index (κ1) is 17.9. The van der Waals surface area contributed by atoms with Crippen molar-refractivity contribution in [1.82, 2.24) is 14.5 Å². The van der Waals surface area contributed by atoms with Crippen LogP contribution in [0.3, 0.4) is 0 Å². The number of nitrogens with zero attached hydrogens (tertiary/aromatic N) is 3. The van der Waals surface area contributed by atoms with Crippen LogP contribution in [-0.4, -0.2) is 30.8 Å². The van der Waals surface area contributed by atoms with E-state index in [1.807, 2.05) is 19.2 Å². The minimum Gasteiger partial charge on any atom is -0.372 e. The number of rotatable bonds is 5. The topological polar surface area (TPSA) is 97.0 Å². The van der Waals surface area contributed by atoms with Crippen molar-refractivity contribution in [2.75, 3.05) is 6.61 Å². The Bertz CT molecular complexity index is 920. The zero-order chi connectivity index (χ0) is 18.0. The summed E-state index contributed by atoms with van der Waals surface area (Å²) in [6.45, 7) is 3.16. The molecule has 0 saturated carbocycles. The normalized spacial score (nSPS) is 20.5. The first-order valence-corrected chi connectivity index (χ1v) is 9.66. The predicted molar refractivity (Wildman–Crippen MR) is 91.5 cm³/mol. The summed E-state index contributed by atoms with van der Waals surface area (Å²) in [6, 6.07) is 5.54. The fraction of sp³-hybridized carbons (Fsp3) is 0.375. The molecule has 132 valence electrons. The van der Waals surface area contributed by atoms with Gasteiger partial charge in [0.25, 0.3) is 0 Å². The molecule has 7 nitrogen and oxygen atoms in total.